The van der Waals surface area contributed by atoms with Crippen molar-refractivity contribution in [2.24, 2.45) is 0 Å². The number of carbonyl (C=O) groups excluding carboxylic acids is 2. The van der Waals surface area contributed by atoms with Gasteiger partial charge in [0.1, 0.15) is 19.8 Å². The van der Waals surface area contributed by atoms with Crippen molar-refractivity contribution in [3.05, 3.63) is 134 Å². The summed E-state index contributed by atoms with van der Waals surface area (Å²) in [4.78, 5) is 36.0. The van der Waals surface area contributed by atoms with E-state index in [1.54, 1.807) is 0 Å². The number of ether oxygens (including phenoxy) is 2. The Balaban J connectivity index is 3.95. The van der Waals surface area contributed by atoms with Gasteiger partial charge in [-0.1, -0.05) is 392 Å². The van der Waals surface area contributed by atoms with Gasteiger partial charge in [-0.3, -0.25) is 18.6 Å². The molecule has 0 spiro atoms. The quantitative estimate of drug-likeness (QED) is 0.0211. The van der Waals surface area contributed by atoms with E-state index in [0.717, 1.165) is 109 Å². The monoisotopic (exact) mass is 1440 g/mol. The molecule has 2 atom stereocenters. The zero-order chi connectivity index (χ0) is 74.0. The van der Waals surface area contributed by atoms with Gasteiger partial charge >= 0.3 is 19.8 Å². The standard InChI is InChI=1S/C92H162NO8P/c1-6-8-10-12-14-16-18-20-22-24-26-28-30-32-34-36-38-40-42-44-45-46-47-49-50-52-54-56-58-60-62-64-66-68-70-72-74-76-78-80-82-84-91(94)98-88-90(89-100-102(96,97)99-87-86-93(3,4)5)101-92(95)85-83-81-79-77-75-73-71-69-67-65-63-61-59-57-55-53-51-48-43-41-39-37-35-33-31-29-27-25-23-21-19-17-15-13-11-9-7-2/h9,11,15,17-18,20-21,23-24,26-27,29,33,35,39,41,48,51,55,57,61,63,90H,6-8,10,12-14,16,19,22,25,28,30-32,34,36-38,40,42-47,49-50,52-54,56,58-60,62,64-89H2,1-5H3/p+1/b11-9-,17-15-,20-18-,23-21-,26-24-,29-27-,35-33-,41-39-,51-48-,57-55-,63-61-. The molecule has 0 saturated carbocycles. The molecule has 0 heterocycles. The maximum absolute atomic E-state index is 12.9. The SMILES string of the molecule is CC/C=C\C/C=C\C/C=C\C/C=C\C/C=C\C/C=C\C/C=C\C/C=C\C/C=C\CCCCCCCCCCCC(=O)OC(COC(=O)CCCCCCCCCCCCCCCCCCCCCCCCCCCCCCC/C=C\C/C=C\CCCCCCC)COP(=O)(O)OCC[N+](C)(C)C. The van der Waals surface area contributed by atoms with Gasteiger partial charge in [-0.2, -0.15) is 0 Å². The van der Waals surface area contributed by atoms with E-state index < -0.39 is 26.5 Å². The number of allylic oxidation sites excluding steroid dienone is 22. The maximum Gasteiger partial charge on any atom is 0.472 e. The van der Waals surface area contributed by atoms with Crippen molar-refractivity contribution in [2.75, 3.05) is 47.5 Å². The van der Waals surface area contributed by atoms with Gasteiger partial charge in [0.15, 0.2) is 6.10 Å². The zero-order valence-corrected chi connectivity index (χ0v) is 68.2. The van der Waals surface area contributed by atoms with E-state index >= 15 is 0 Å². The number of likely N-dealkylation sites (N-methyl/N-ethyl adjacent to an activating group) is 1. The van der Waals surface area contributed by atoms with Gasteiger partial charge in [0.25, 0.3) is 0 Å². The fraction of sp³-hybridized carbons (Fsp3) is 0.739. The molecular formula is C92H163NO8P+. The predicted molar refractivity (Wildman–Crippen MR) is 445 cm³/mol. The number of carbonyl (C=O) groups is 2. The second-order valence-electron chi connectivity index (χ2n) is 29.8. The fourth-order valence-electron chi connectivity index (χ4n) is 12.2. The summed E-state index contributed by atoms with van der Waals surface area (Å²) < 4.78 is 34.9. The lowest BCUT2D eigenvalue weighted by molar-refractivity contribution is -0.870. The molecule has 0 aliphatic heterocycles. The number of esters is 2. The van der Waals surface area contributed by atoms with E-state index in [-0.39, 0.29) is 32.0 Å². The minimum Gasteiger partial charge on any atom is -0.462 e. The van der Waals surface area contributed by atoms with Crippen LogP contribution in [0.2, 0.25) is 0 Å². The number of unbranched alkanes of at least 4 members (excludes halogenated alkanes) is 43. The Morgan fingerprint density at radius 3 is 0.833 bits per heavy atom. The van der Waals surface area contributed by atoms with Crippen LogP contribution in [0.3, 0.4) is 0 Å². The number of phosphoric acid groups is 1. The minimum atomic E-state index is -4.41. The first-order valence-electron chi connectivity index (χ1n) is 42.9. The topological polar surface area (TPSA) is 108 Å². The third kappa shape index (κ3) is 85.1. The van der Waals surface area contributed by atoms with Crippen molar-refractivity contribution in [1.82, 2.24) is 0 Å². The number of quaternary nitrogens is 1. The van der Waals surface area contributed by atoms with Crippen LogP contribution < -0.4 is 0 Å². The molecule has 0 radical (unpaired) electrons. The van der Waals surface area contributed by atoms with Gasteiger partial charge in [-0.25, -0.2) is 4.57 Å². The van der Waals surface area contributed by atoms with Crippen LogP contribution in [0, 0.1) is 0 Å². The normalized spacial score (nSPS) is 13.7. The smallest absolute Gasteiger partial charge is 0.462 e. The summed E-state index contributed by atoms with van der Waals surface area (Å²) in [5.74, 6) is -0.795. The van der Waals surface area contributed by atoms with Crippen LogP contribution in [0.1, 0.15) is 386 Å². The van der Waals surface area contributed by atoms with E-state index in [2.05, 4.69) is 148 Å². The molecule has 2 unspecified atom stereocenters. The van der Waals surface area contributed by atoms with E-state index in [0.29, 0.717) is 17.4 Å². The molecule has 0 fully saturated rings. The summed E-state index contributed by atoms with van der Waals surface area (Å²) >= 11 is 0. The fourth-order valence-corrected chi connectivity index (χ4v) is 12.9. The van der Waals surface area contributed by atoms with Crippen molar-refractivity contribution < 1.29 is 42.1 Å². The Labute approximate surface area is 631 Å². The highest BCUT2D eigenvalue weighted by Crippen LogP contribution is 2.43. The number of nitrogens with zero attached hydrogens (tertiary/aromatic N) is 1. The third-order valence-corrected chi connectivity index (χ3v) is 19.6. The molecule has 0 aromatic heterocycles. The lowest BCUT2D eigenvalue weighted by Gasteiger charge is -2.24. The summed E-state index contributed by atoms with van der Waals surface area (Å²) in [5, 5.41) is 0. The van der Waals surface area contributed by atoms with Crippen LogP contribution >= 0.6 is 7.82 Å². The molecule has 0 saturated heterocycles. The Morgan fingerprint density at radius 1 is 0.314 bits per heavy atom. The molecule has 102 heavy (non-hydrogen) atoms. The average Bonchev–Trinajstić information content (AvgIpc) is 0.913. The van der Waals surface area contributed by atoms with Gasteiger partial charge in [-0.15, -0.1) is 0 Å². The van der Waals surface area contributed by atoms with E-state index in [1.165, 1.54) is 244 Å². The molecule has 0 rings (SSSR count). The van der Waals surface area contributed by atoms with Crippen molar-refractivity contribution in [2.45, 2.75) is 392 Å². The summed E-state index contributed by atoms with van der Waals surface area (Å²) in [6.45, 7) is 4.34. The van der Waals surface area contributed by atoms with Gasteiger partial charge in [0, 0.05) is 12.8 Å². The van der Waals surface area contributed by atoms with Crippen molar-refractivity contribution >= 4 is 19.8 Å². The highest BCUT2D eigenvalue weighted by Gasteiger charge is 2.27. The summed E-state index contributed by atoms with van der Waals surface area (Å²) in [7, 11) is 1.47. The Hall–Kier alpha value is -3.85. The van der Waals surface area contributed by atoms with Crippen LogP contribution in [0.4, 0.5) is 0 Å². The molecule has 0 aromatic carbocycles. The van der Waals surface area contributed by atoms with Crippen molar-refractivity contribution in [3.8, 4) is 0 Å². The molecule has 0 aromatic rings. The van der Waals surface area contributed by atoms with Crippen molar-refractivity contribution in [1.29, 1.82) is 0 Å². The van der Waals surface area contributed by atoms with E-state index in [4.69, 9.17) is 18.5 Å². The molecule has 0 amide bonds. The number of hydrogen-bond donors (Lipinski definition) is 1. The highest BCUT2D eigenvalue weighted by atomic mass is 31.2. The second kappa shape index (κ2) is 81.2. The van der Waals surface area contributed by atoms with Crippen LogP contribution in [-0.2, 0) is 32.7 Å². The average molecular weight is 1440 g/mol. The molecule has 1 N–H and O–H groups in total. The first-order chi connectivity index (χ1) is 50.0. The minimum absolute atomic E-state index is 0.0266. The molecule has 588 valence electrons. The largest absolute Gasteiger partial charge is 0.472 e. The number of phosphoric ester groups is 1. The van der Waals surface area contributed by atoms with Crippen LogP contribution in [0.25, 0.3) is 0 Å². The number of rotatable bonds is 79. The Morgan fingerprint density at radius 2 is 0.559 bits per heavy atom. The van der Waals surface area contributed by atoms with Crippen LogP contribution in [0.15, 0.2) is 134 Å². The van der Waals surface area contributed by atoms with Gasteiger partial charge < -0.3 is 18.9 Å². The Kier molecular flexibility index (Phi) is 78.2. The zero-order valence-electron chi connectivity index (χ0n) is 67.3. The predicted octanol–water partition coefficient (Wildman–Crippen LogP) is 29.1. The second-order valence-corrected chi connectivity index (χ2v) is 31.3. The van der Waals surface area contributed by atoms with Crippen LogP contribution in [-0.4, -0.2) is 74.9 Å². The molecule has 9 nitrogen and oxygen atoms in total. The van der Waals surface area contributed by atoms with Crippen LogP contribution in [0.5, 0.6) is 0 Å². The van der Waals surface area contributed by atoms with E-state index in [1.807, 2.05) is 21.1 Å². The highest BCUT2D eigenvalue weighted by molar-refractivity contribution is 7.47. The first-order valence-corrected chi connectivity index (χ1v) is 44.4. The first kappa shape index (κ1) is 98.2. The summed E-state index contributed by atoms with van der Waals surface area (Å²) in [6.07, 6.45) is 119. The van der Waals surface area contributed by atoms with Gasteiger partial charge in [-0.05, 0) is 116 Å². The molecule has 0 aliphatic carbocycles. The summed E-state index contributed by atoms with van der Waals surface area (Å²) in [6, 6.07) is 0. The van der Waals surface area contributed by atoms with Gasteiger partial charge in [0.2, 0.25) is 0 Å². The molecule has 0 aliphatic rings. The number of hydrogen-bond acceptors (Lipinski definition) is 7. The van der Waals surface area contributed by atoms with Gasteiger partial charge in [0.05, 0.1) is 27.7 Å². The summed E-state index contributed by atoms with van der Waals surface area (Å²) in [5.41, 5.74) is 0. The lowest BCUT2D eigenvalue weighted by atomic mass is 10.0. The third-order valence-electron chi connectivity index (χ3n) is 18.7. The van der Waals surface area contributed by atoms with E-state index in [9.17, 15) is 19.0 Å². The molecule has 0 bridgehead atoms. The molecule has 10 heteroatoms. The maximum atomic E-state index is 12.9. The molecular weight excluding hydrogens is 1280 g/mol. The Bertz CT molecular complexity index is 2190. The lowest BCUT2D eigenvalue weighted by Crippen LogP contribution is -2.37. The van der Waals surface area contributed by atoms with Crippen molar-refractivity contribution in [3.63, 3.8) is 0 Å².